The lowest BCUT2D eigenvalue weighted by atomic mass is 10.1. The van der Waals surface area contributed by atoms with Crippen LogP contribution in [0.25, 0.3) is 0 Å². The van der Waals surface area contributed by atoms with Crippen LogP contribution in [0.5, 0.6) is 0 Å². The van der Waals surface area contributed by atoms with Crippen molar-refractivity contribution >= 4 is 17.6 Å². The van der Waals surface area contributed by atoms with Crippen LogP contribution in [0.3, 0.4) is 0 Å². The summed E-state index contributed by atoms with van der Waals surface area (Å²) in [6.45, 7) is 0. The van der Waals surface area contributed by atoms with Crippen molar-refractivity contribution in [2.45, 2.75) is 6.42 Å². The first-order valence-electron chi connectivity index (χ1n) is 4.01. The Morgan fingerprint density at radius 2 is 2.00 bits per heavy atom. The molecule has 4 heteroatoms. The van der Waals surface area contributed by atoms with Crippen molar-refractivity contribution in [3.05, 3.63) is 46.6 Å². The molecule has 0 atom stereocenters. The van der Waals surface area contributed by atoms with Crippen LogP contribution in [0, 0.1) is 0 Å². The summed E-state index contributed by atoms with van der Waals surface area (Å²) in [5.74, 6) is -1.03. The lowest BCUT2D eigenvalue weighted by molar-refractivity contribution is -0.131. The summed E-state index contributed by atoms with van der Waals surface area (Å²) in [6.07, 6.45) is 1.41. The molecule has 0 aromatic heterocycles. The van der Waals surface area contributed by atoms with E-state index in [2.05, 4.69) is 0 Å². The number of rotatable bonds is 3. The maximum absolute atomic E-state index is 10.3. The molecular formula is C10H10ClNO2. The molecule has 3 N–H and O–H groups in total. The third-order valence-electron chi connectivity index (χ3n) is 1.63. The Morgan fingerprint density at radius 1 is 1.43 bits per heavy atom. The summed E-state index contributed by atoms with van der Waals surface area (Å²) in [4.78, 5) is 10.3. The van der Waals surface area contributed by atoms with Gasteiger partial charge in [0.05, 0.1) is 0 Å². The van der Waals surface area contributed by atoms with E-state index in [0.29, 0.717) is 17.1 Å². The van der Waals surface area contributed by atoms with Crippen molar-refractivity contribution in [3.63, 3.8) is 0 Å². The highest BCUT2D eigenvalue weighted by molar-refractivity contribution is 6.30. The van der Waals surface area contributed by atoms with E-state index < -0.39 is 5.97 Å². The fraction of sp³-hybridized carbons (Fsp3) is 0.100. The van der Waals surface area contributed by atoms with Gasteiger partial charge in [0.1, 0.15) is 0 Å². The van der Waals surface area contributed by atoms with Crippen LogP contribution in [-0.4, -0.2) is 11.1 Å². The van der Waals surface area contributed by atoms with Gasteiger partial charge in [-0.15, -0.1) is 0 Å². The molecule has 0 heterocycles. The van der Waals surface area contributed by atoms with Crippen molar-refractivity contribution in [1.29, 1.82) is 0 Å². The molecule has 0 saturated heterocycles. The average molecular weight is 212 g/mol. The van der Waals surface area contributed by atoms with Gasteiger partial charge in [-0.1, -0.05) is 23.7 Å². The van der Waals surface area contributed by atoms with E-state index >= 15 is 0 Å². The Hall–Kier alpha value is -1.48. The fourth-order valence-corrected chi connectivity index (χ4v) is 1.17. The molecule has 0 aliphatic carbocycles. The van der Waals surface area contributed by atoms with Crippen LogP contribution in [0.2, 0.25) is 5.02 Å². The number of carbonyl (C=O) groups is 1. The molecule has 0 fully saturated rings. The molecule has 1 rings (SSSR count). The van der Waals surface area contributed by atoms with E-state index in [1.165, 1.54) is 0 Å². The van der Waals surface area contributed by atoms with Gasteiger partial charge in [-0.3, -0.25) is 0 Å². The van der Waals surface area contributed by atoms with Crippen molar-refractivity contribution in [2.24, 2.45) is 5.73 Å². The zero-order valence-electron chi connectivity index (χ0n) is 7.40. The highest BCUT2D eigenvalue weighted by Gasteiger charge is 1.98. The molecule has 0 radical (unpaired) electrons. The molecule has 0 bridgehead atoms. The van der Waals surface area contributed by atoms with Gasteiger partial charge in [0.25, 0.3) is 0 Å². The van der Waals surface area contributed by atoms with Gasteiger partial charge in [0, 0.05) is 23.2 Å². The molecule has 0 spiro atoms. The predicted molar refractivity (Wildman–Crippen MR) is 55.1 cm³/mol. The minimum absolute atomic E-state index is 0.319. The van der Waals surface area contributed by atoms with E-state index in [0.717, 1.165) is 11.6 Å². The first-order chi connectivity index (χ1) is 6.58. The summed E-state index contributed by atoms with van der Waals surface area (Å²) in [5, 5.41) is 9.08. The number of hydrogen-bond donors (Lipinski definition) is 2. The average Bonchev–Trinajstić information content (AvgIpc) is 2.07. The van der Waals surface area contributed by atoms with E-state index in [1.54, 1.807) is 12.1 Å². The maximum Gasteiger partial charge on any atom is 0.330 e. The Bertz CT molecular complexity index is 357. The summed E-state index contributed by atoms with van der Waals surface area (Å²) in [5.41, 5.74) is 6.75. The Kier molecular flexibility index (Phi) is 3.54. The highest BCUT2D eigenvalue weighted by Crippen LogP contribution is 2.11. The third-order valence-corrected chi connectivity index (χ3v) is 1.88. The quantitative estimate of drug-likeness (QED) is 0.750. The summed E-state index contributed by atoms with van der Waals surface area (Å²) < 4.78 is 0. The lowest BCUT2D eigenvalue weighted by Gasteiger charge is -2.00. The van der Waals surface area contributed by atoms with Gasteiger partial charge in [-0.2, -0.15) is 0 Å². The number of hydrogen-bond acceptors (Lipinski definition) is 2. The van der Waals surface area contributed by atoms with Crippen LogP contribution in [0.15, 0.2) is 36.0 Å². The zero-order chi connectivity index (χ0) is 10.6. The van der Waals surface area contributed by atoms with E-state index in [-0.39, 0.29) is 0 Å². The lowest BCUT2D eigenvalue weighted by Crippen LogP contribution is -2.04. The molecule has 1 aromatic rings. The summed E-state index contributed by atoms with van der Waals surface area (Å²) in [7, 11) is 0. The number of nitrogens with two attached hydrogens (primary N) is 1. The van der Waals surface area contributed by atoms with Gasteiger partial charge in [0.15, 0.2) is 0 Å². The normalized spacial score (nSPS) is 11.4. The molecular weight excluding hydrogens is 202 g/mol. The monoisotopic (exact) mass is 211 g/mol. The van der Waals surface area contributed by atoms with Crippen LogP contribution in [0.4, 0.5) is 0 Å². The smallest absolute Gasteiger partial charge is 0.330 e. The van der Waals surface area contributed by atoms with Gasteiger partial charge in [-0.25, -0.2) is 4.79 Å². The third kappa shape index (κ3) is 3.49. The van der Waals surface area contributed by atoms with Crippen molar-refractivity contribution in [2.75, 3.05) is 0 Å². The van der Waals surface area contributed by atoms with E-state index in [9.17, 15) is 4.79 Å². The standard InChI is InChI=1S/C10H10ClNO2/c11-8-3-1-7(2-4-8)5-9(12)6-10(13)14/h1-4,6H,5,12H2,(H,13,14). The highest BCUT2D eigenvalue weighted by atomic mass is 35.5. The van der Waals surface area contributed by atoms with Gasteiger partial charge in [0.2, 0.25) is 0 Å². The number of benzene rings is 1. The van der Waals surface area contributed by atoms with Crippen LogP contribution in [0.1, 0.15) is 5.56 Å². The second-order valence-corrected chi connectivity index (χ2v) is 3.30. The van der Waals surface area contributed by atoms with Gasteiger partial charge in [-0.05, 0) is 17.7 Å². The molecule has 0 aliphatic heterocycles. The largest absolute Gasteiger partial charge is 0.478 e. The zero-order valence-corrected chi connectivity index (χ0v) is 8.16. The molecule has 1 aromatic carbocycles. The van der Waals surface area contributed by atoms with Crippen molar-refractivity contribution in [1.82, 2.24) is 0 Å². The van der Waals surface area contributed by atoms with Crippen LogP contribution in [-0.2, 0) is 11.2 Å². The van der Waals surface area contributed by atoms with Crippen molar-refractivity contribution in [3.8, 4) is 0 Å². The Balaban J connectivity index is 2.69. The molecule has 3 nitrogen and oxygen atoms in total. The second-order valence-electron chi connectivity index (χ2n) is 2.86. The first kappa shape index (κ1) is 10.6. The number of carboxylic acid groups (broad SMARTS) is 1. The Morgan fingerprint density at radius 3 is 2.50 bits per heavy atom. The van der Waals surface area contributed by atoms with Crippen LogP contribution >= 0.6 is 11.6 Å². The summed E-state index contributed by atoms with van der Waals surface area (Å²) >= 11 is 5.69. The minimum Gasteiger partial charge on any atom is -0.478 e. The minimum atomic E-state index is -1.03. The molecule has 0 saturated carbocycles. The predicted octanol–water partition coefficient (Wildman–Crippen LogP) is 1.81. The van der Waals surface area contributed by atoms with Gasteiger partial charge >= 0.3 is 5.97 Å². The molecule has 0 aliphatic rings. The molecule has 0 amide bonds. The topological polar surface area (TPSA) is 63.3 Å². The molecule has 0 unspecified atom stereocenters. The maximum atomic E-state index is 10.3. The molecule has 74 valence electrons. The number of carboxylic acids is 1. The number of aliphatic carboxylic acids is 1. The second kappa shape index (κ2) is 4.67. The number of halogens is 1. The fourth-order valence-electron chi connectivity index (χ4n) is 1.05. The van der Waals surface area contributed by atoms with Crippen molar-refractivity contribution < 1.29 is 9.90 Å². The Labute approximate surface area is 86.8 Å². The van der Waals surface area contributed by atoms with E-state index in [1.807, 2.05) is 12.1 Å². The molecule has 14 heavy (non-hydrogen) atoms. The SMILES string of the molecule is NC(=CC(=O)O)Cc1ccc(Cl)cc1. The van der Waals surface area contributed by atoms with E-state index in [4.69, 9.17) is 22.4 Å². The van der Waals surface area contributed by atoms with Crippen LogP contribution < -0.4 is 5.73 Å². The number of allylic oxidation sites excluding steroid dienone is 1. The summed E-state index contributed by atoms with van der Waals surface area (Å²) in [6, 6.07) is 7.10. The van der Waals surface area contributed by atoms with Gasteiger partial charge < -0.3 is 10.8 Å². The first-order valence-corrected chi connectivity index (χ1v) is 4.39.